The summed E-state index contributed by atoms with van der Waals surface area (Å²) in [6.07, 6.45) is 5.67. The third-order valence-corrected chi connectivity index (χ3v) is 6.10. The average molecular weight is 451 g/mol. The number of aromatic nitrogens is 2. The van der Waals surface area contributed by atoms with Crippen molar-refractivity contribution in [1.82, 2.24) is 9.78 Å². The summed E-state index contributed by atoms with van der Waals surface area (Å²) in [5, 5.41) is 5.04. The van der Waals surface area contributed by atoms with E-state index >= 15 is 0 Å². The summed E-state index contributed by atoms with van der Waals surface area (Å²) in [6, 6.07) is 12.7. The van der Waals surface area contributed by atoms with Crippen LogP contribution in [0.3, 0.4) is 0 Å². The first-order valence-corrected chi connectivity index (χ1v) is 11.0. The predicted molar refractivity (Wildman–Crippen MR) is 123 cm³/mol. The molecule has 2 aromatic carbocycles. The van der Waals surface area contributed by atoms with E-state index in [9.17, 15) is 9.59 Å². The minimum atomic E-state index is -0.505. The van der Waals surface area contributed by atoms with Gasteiger partial charge < -0.3 is 9.64 Å². The largest absolute Gasteiger partial charge is 0.419 e. The van der Waals surface area contributed by atoms with Crippen LogP contribution in [-0.2, 0) is 4.79 Å². The molecule has 1 atom stereocenters. The molecule has 7 nitrogen and oxygen atoms in total. The summed E-state index contributed by atoms with van der Waals surface area (Å²) in [5.41, 5.74) is 3.22. The highest BCUT2D eigenvalue weighted by molar-refractivity contribution is 6.30. The minimum absolute atomic E-state index is 0.0706. The molecule has 0 radical (unpaired) electrons. The van der Waals surface area contributed by atoms with Crippen LogP contribution in [-0.4, -0.2) is 34.4 Å². The Labute approximate surface area is 191 Å². The molecule has 2 aliphatic rings. The van der Waals surface area contributed by atoms with E-state index in [0.717, 1.165) is 24.0 Å². The van der Waals surface area contributed by atoms with Crippen LogP contribution < -0.4 is 14.5 Å². The van der Waals surface area contributed by atoms with Gasteiger partial charge in [-0.15, -0.1) is 0 Å². The van der Waals surface area contributed by atoms with Crippen molar-refractivity contribution < 1.29 is 14.3 Å². The zero-order valence-corrected chi connectivity index (χ0v) is 18.6. The van der Waals surface area contributed by atoms with Gasteiger partial charge in [0.15, 0.2) is 0 Å². The van der Waals surface area contributed by atoms with Crippen LogP contribution in [0.4, 0.5) is 16.2 Å². The number of amides is 2. The van der Waals surface area contributed by atoms with Crippen molar-refractivity contribution in [2.24, 2.45) is 0 Å². The van der Waals surface area contributed by atoms with E-state index in [2.05, 4.69) is 5.10 Å². The van der Waals surface area contributed by atoms with Crippen molar-refractivity contribution >= 4 is 35.0 Å². The third-order valence-electron chi connectivity index (χ3n) is 5.85. The average Bonchev–Trinajstić information content (AvgIpc) is 3.50. The number of carbonyl (C=O) groups is 2. The van der Waals surface area contributed by atoms with Gasteiger partial charge in [0.25, 0.3) is 0 Å². The number of carbonyl (C=O) groups excluding carboxylic acids is 2. The van der Waals surface area contributed by atoms with Gasteiger partial charge in [0.05, 0.1) is 29.7 Å². The van der Waals surface area contributed by atoms with Crippen LogP contribution in [0.5, 0.6) is 5.75 Å². The maximum Gasteiger partial charge on any atom is 0.419 e. The van der Waals surface area contributed by atoms with Gasteiger partial charge in [-0.2, -0.15) is 5.10 Å². The molecule has 3 aromatic rings. The zero-order chi connectivity index (χ0) is 22.4. The van der Waals surface area contributed by atoms with E-state index in [1.54, 1.807) is 34.1 Å². The number of rotatable bonds is 3. The van der Waals surface area contributed by atoms with Gasteiger partial charge in [-0.3, -0.25) is 14.4 Å². The molecule has 0 spiro atoms. The predicted octanol–water partition coefficient (Wildman–Crippen LogP) is 5.30. The van der Waals surface area contributed by atoms with Gasteiger partial charge in [-0.05, 0) is 61.7 Å². The van der Waals surface area contributed by atoms with Crippen LogP contribution in [0.15, 0.2) is 54.9 Å². The van der Waals surface area contributed by atoms with Gasteiger partial charge in [0, 0.05) is 30.3 Å². The van der Waals surface area contributed by atoms with E-state index in [1.165, 1.54) is 6.92 Å². The number of hydrogen-bond acceptors (Lipinski definition) is 4. The SMILES string of the molecule is CC(=O)N1c2ccc(-c3cnn(C4CC4)c3)cc2N(C(=O)Oc2ccc(Cl)cc2)C[C@@H]1C. The monoisotopic (exact) mass is 450 g/mol. The molecule has 0 bridgehead atoms. The Morgan fingerprint density at radius 1 is 1.06 bits per heavy atom. The maximum absolute atomic E-state index is 13.1. The molecule has 1 fully saturated rings. The molecule has 5 rings (SSSR count). The molecule has 2 heterocycles. The van der Waals surface area contributed by atoms with Gasteiger partial charge in [0.1, 0.15) is 5.75 Å². The van der Waals surface area contributed by atoms with Crippen molar-refractivity contribution in [3.63, 3.8) is 0 Å². The molecule has 1 aliphatic carbocycles. The zero-order valence-electron chi connectivity index (χ0n) is 17.9. The van der Waals surface area contributed by atoms with Gasteiger partial charge in [0.2, 0.25) is 5.91 Å². The number of nitrogens with zero attached hydrogens (tertiary/aromatic N) is 4. The number of fused-ring (bicyclic) bond motifs is 1. The lowest BCUT2D eigenvalue weighted by atomic mass is 10.0. The molecular formula is C24H23ClN4O3. The molecule has 1 aromatic heterocycles. The number of benzene rings is 2. The van der Waals surface area contributed by atoms with Crippen molar-refractivity contribution in [3.8, 4) is 16.9 Å². The van der Waals surface area contributed by atoms with Crippen LogP contribution in [0.2, 0.25) is 5.02 Å². The molecule has 0 N–H and O–H groups in total. The summed E-state index contributed by atoms with van der Waals surface area (Å²) >= 11 is 5.93. The highest BCUT2D eigenvalue weighted by Crippen LogP contribution is 2.40. The minimum Gasteiger partial charge on any atom is -0.410 e. The van der Waals surface area contributed by atoms with E-state index in [-0.39, 0.29) is 11.9 Å². The molecular weight excluding hydrogens is 428 g/mol. The number of hydrogen-bond donors (Lipinski definition) is 0. The van der Waals surface area contributed by atoms with Crippen LogP contribution in [0, 0.1) is 0 Å². The summed E-state index contributed by atoms with van der Waals surface area (Å²) in [4.78, 5) is 28.8. The Morgan fingerprint density at radius 2 is 1.81 bits per heavy atom. The summed E-state index contributed by atoms with van der Waals surface area (Å²) in [5.74, 6) is 0.336. The number of halogens is 1. The second kappa shape index (κ2) is 7.98. The Bertz CT molecular complexity index is 1190. The third kappa shape index (κ3) is 3.84. The fourth-order valence-corrected chi connectivity index (χ4v) is 4.27. The lowest BCUT2D eigenvalue weighted by Gasteiger charge is -2.40. The smallest absolute Gasteiger partial charge is 0.410 e. The molecule has 1 aliphatic heterocycles. The highest BCUT2D eigenvalue weighted by Gasteiger charge is 2.35. The van der Waals surface area contributed by atoms with E-state index in [0.29, 0.717) is 34.7 Å². The molecule has 0 unspecified atom stereocenters. The Hall–Kier alpha value is -3.32. The van der Waals surface area contributed by atoms with E-state index < -0.39 is 6.09 Å². The standard InChI is InChI=1S/C24H23ClN4O3/c1-15-13-27(24(31)32-21-8-4-19(25)5-9-21)23-11-17(3-10-22(23)29(15)16(2)30)18-12-26-28(14-18)20-6-7-20/h3-5,8-12,14-15,20H,6-7,13H2,1-2H3/t15-/m0/s1. The van der Waals surface area contributed by atoms with E-state index in [4.69, 9.17) is 16.3 Å². The molecule has 8 heteroatoms. The fourth-order valence-electron chi connectivity index (χ4n) is 4.14. The van der Waals surface area contributed by atoms with Gasteiger partial charge in [-0.1, -0.05) is 17.7 Å². The van der Waals surface area contributed by atoms with E-state index in [1.807, 2.05) is 42.2 Å². The van der Waals surface area contributed by atoms with Crippen LogP contribution >= 0.6 is 11.6 Å². The number of anilines is 2. The summed E-state index contributed by atoms with van der Waals surface area (Å²) < 4.78 is 7.60. The van der Waals surface area contributed by atoms with Crippen LogP contribution in [0.1, 0.15) is 32.7 Å². The quantitative estimate of drug-likeness (QED) is 0.543. The fraction of sp³-hybridized carbons (Fsp3) is 0.292. The van der Waals surface area contributed by atoms with Crippen molar-refractivity contribution in [1.29, 1.82) is 0 Å². The highest BCUT2D eigenvalue weighted by atomic mass is 35.5. The van der Waals surface area contributed by atoms with Gasteiger partial charge >= 0.3 is 6.09 Å². The molecule has 32 heavy (non-hydrogen) atoms. The second-order valence-corrected chi connectivity index (χ2v) is 8.75. The normalized spacial score (nSPS) is 17.8. The molecule has 164 valence electrons. The first-order chi connectivity index (χ1) is 15.4. The molecule has 0 saturated heterocycles. The second-order valence-electron chi connectivity index (χ2n) is 8.31. The first kappa shape index (κ1) is 20.6. The number of ether oxygens (including phenoxy) is 1. The topological polar surface area (TPSA) is 67.7 Å². The Kier molecular flexibility index (Phi) is 5.13. The van der Waals surface area contributed by atoms with Crippen molar-refractivity contribution in [2.75, 3.05) is 16.3 Å². The Balaban J connectivity index is 1.51. The van der Waals surface area contributed by atoms with Crippen LogP contribution in [0.25, 0.3) is 11.1 Å². The molecule has 2 amide bonds. The molecule has 1 saturated carbocycles. The summed E-state index contributed by atoms with van der Waals surface area (Å²) in [6.45, 7) is 3.78. The van der Waals surface area contributed by atoms with Crippen molar-refractivity contribution in [2.45, 2.75) is 38.8 Å². The lowest BCUT2D eigenvalue weighted by molar-refractivity contribution is -0.117. The maximum atomic E-state index is 13.1. The first-order valence-electron chi connectivity index (χ1n) is 10.6. The lowest BCUT2D eigenvalue weighted by Crippen LogP contribution is -2.52. The Morgan fingerprint density at radius 3 is 2.50 bits per heavy atom. The van der Waals surface area contributed by atoms with Gasteiger partial charge in [-0.25, -0.2) is 4.79 Å². The van der Waals surface area contributed by atoms with Crippen molar-refractivity contribution in [3.05, 3.63) is 59.9 Å². The summed E-state index contributed by atoms with van der Waals surface area (Å²) in [7, 11) is 0.